The van der Waals surface area contributed by atoms with E-state index >= 15 is 0 Å². The smallest absolute Gasteiger partial charge is 0.0719 e. The van der Waals surface area contributed by atoms with Crippen LogP contribution in [0.3, 0.4) is 0 Å². The minimum atomic E-state index is 0. The van der Waals surface area contributed by atoms with Crippen molar-refractivity contribution in [3.05, 3.63) is 125 Å². The molecule has 0 amide bonds. The molecular formula is C33H41N3. The van der Waals surface area contributed by atoms with Crippen LogP contribution in [0, 0.1) is 0 Å². The van der Waals surface area contributed by atoms with Gasteiger partial charge in [-0.25, -0.2) is 0 Å². The number of allylic oxidation sites excluding steroid dienone is 5. The van der Waals surface area contributed by atoms with Gasteiger partial charge in [-0.2, -0.15) is 0 Å². The van der Waals surface area contributed by atoms with Crippen LogP contribution in [0.4, 0.5) is 0 Å². The maximum atomic E-state index is 4.82. The third-order valence-corrected chi connectivity index (χ3v) is 6.35. The minimum Gasteiger partial charge on any atom is -0.344 e. The lowest BCUT2D eigenvalue weighted by Gasteiger charge is -2.13. The highest BCUT2D eigenvalue weighted by atomic mass is 14.7. The van der Waals surface area contributed by atoms with Crippen LogP contribution in [0.5, 0.6) is 0 Å². The highest BCUT2D eigenvalue weighted by Crippen LogP contribution is 2.23. The SMILES string of the molecule is C=C(C)CN=C(C1=CCCC=C1)c1ccc2ccccc2c1.CCc1cccc2c1CCC=C2.N.N. The van der Waals surface area contributed by atoms with Crippen molar-refractivity contribution in [2.75, 3.05) is 6.54 Å². The second kappa shape index (κ2) is 14.1. The molecule has 188 valence electrons. The van der Waals surface area contributed by atoms with Crippen LogP contribution in [0.2, 0.25) is 0 Å². The number of rotatable bonds is 5. The Morgan fingerprint density at radius 1 is 0.861 bits per heavy atom. The third-order valence-electron chi connectivity index (χ3n) is 6.35. The first-order chi connectivity index (χ1) is 16.7. The summed E-state index contributed by atoms with van der Waals surface area (Å²) in [5.74, 6) is 0. The summed E-state index contributed by atoms with van der Waals surface area (Å²) in [7, 11) is 0. The molecule has 3 nitrogen and oxygen atoms in total. The van der Waals surface area contributed by atoms with Gasteiger partial charge in [0, 0.05) is 5.56 Å². The van der Waals surface area contributed by atoms with E-state index in [1.165, 1.54) is 45.9 Å². The molecule has 2 aliphatic rings. The molecule has 0 spiro atoms. The molecule has 3 aromatic carbocycles. The van der Waals surface area contributed by atoms with Crippen molar-refractivity contribution in [1.82, 2.24) is 12.3 Å². The number of fused-ring (bicyclic) bond motifs is 2. The van der Waals surface area contributed by atoms with Gasteiger partial charge < -0.3 is 12.3 Å². The van der Waals surface area contributed by atoms with Gasteiger partial charge in [-0.3, -0.25) is 4.99 Å². The van der Waals surface area contributed by atoms with Gasteiger partial charge in [-0.1, -0.05) is 104 Å². The minimum absolute atomic E-state index is 0. The van der Waals surface area contributed by atoms with E-state index in [1.54, 1.807) is 5.56 Å². The molecular weight excluding hydrogens is 438 g/mol. The van der Waals surface area contributed by atoms with Crippen LogP contribution in [-0.2, 0) is 12.8 Å². The Morgan fingerprint density at radius 2 is 1.64 bits per heavy atom. The third kappa shape index (κ3) is 7.24. The summed E-state index contributed by atoms with van der Waals surface area (Å²) in [5, 5.41) is 2.52. The number of hydrogen-bond donors (Lipinski definition) is 2. The second-order valence-corrected chi connectivity index (χ2v) is 9.10. The molecule has 36 heavy (non-hydrogen) atoms. The lowest BCUT2D eigenvalue weighted by atomic mass is 9.92. The molecule has 6 N–H and O–H groups in total. The summed E-state index contributed by atoms with van der Waals surface area (Å²) in [5.41, 5.74) is 9.09. The highest BCUT2D eigenvalue weighted by Gasteiger charge is 2.10. The average molecular weight is 480 g/mol. The van der Waals surface area contributed by atoms with Gasteiger partial charge in [-0.15, -0.1) is 0 Å². The van der Waals surface area contributed by atoms with Crippen molar-refractivity contribution >= 4 is 22.6 Å². The molecule has 0 saturated carbocycles. The Balaban J connectivity index is 0.000000278. The van der Waals surface area contributed by atoms with E-state index < -0.39 is 0 Å². The van der Waals surface area contributed by atoms with E-state index in [0.717, 1.165) is 30.5 Å². The summed E-state index contributed by atoms with van der Waals surface area (Å²) in [6.45, 7) is 8.90. The van der Waals surface area contributed by atoms with E-state index in [-0.39, 0.29) is 12.3 Å². The summed E-state index contributed by atoms with van der Waals surface area (Å²) in [6, 6.07) is 21.6. The Labute approximate surface area is 217 Å². The number of hydrogen-bond acceptors (Lipinski definition) is 3. The maximum Gasteiger partial charge on any atom is 0.0719 e. The summed E-state index contributed by atoms with van der Waals surface area (Å²) < 4.78 is 0. The van der Waals surface area contributed by atoms with Crippen LogP contribution < -0.4 is 12.3 Å². The van der Waals surface area contributed by atoms with E-state index in [1.807, 2.05) is 6.92 Å². The molecule has 3 heteroatoms. The van der Waals surface area contributed by atoms with Gasteiger partial charge in [0.2, 0.25) is 0 Å². The molecule has 0 unspecified atom stereocenters. The van der Waals surface area contributed by atoms with Crippen LogP contribution in [0.25, 0.3) is 16.8 Å². The fraction of sp³-hybridized carbons (Fsp3) is 0.242. The fourth-order valence-corrected chi connectivity index (χ4v) is 4.57. The van der Waals surface area contributed by atoms with E-state index in [9.17, 15) is 0 Å². The van der Waals surface area contributed by atoms with Crippen molar-refractivity contribution in [3.63, 3.8) is 0 Å². The quantitative estimate of drug-likeness (QED) is 0.283. The molecule has 0 saturated heterocycles. The lowest BCUT2D eigenvalue weighted by molar-refractivity contribution is 0.946. The molecule has 0 atom stereocenters. The number of benzene rings is 3. The molecule has 0 fully saturated rings. The van der Waals surface area contributed by atoms with Crippen molar-refractivity contribution < 1.29 is 0 Å². The van der Waals surface area contributed by atoms with Crippen molar-refractivity contribution in [2.45, 2.75) is 46.0 Å². The Bertz CT molecular complexity index is 1290. The van der Waals surface area contributed by atoms with Gasteiger partial charge in [-0.05, 0) is 78.1 Å². The standard InChI is InChI=1S/C21H21N.C12H14.2H3N/c1-16(2)15-22-21(18-9-4-3-5-10-18)20-13-12-17-8-6-7-11-19(17)14-20;1-2-10-7-5-8-11-6-3-4-9-12(10)11;;/h4,6-14H,1,3,5,15H2,2H3;3,5-8H,2,4,9H2,1H3;2*1H3. The zero-order valence-electron chi connectivity index (χ0n) is 22.0. The molecule has 0 bridgehead atoms. The van der Waals surface area contributed by atoms with E-state index in [2.05, 4.69) is 105 Å². The predicted octanol–water partition coefficient (Wildman–Crippen LogP) is 9.01. The topological polar surface area (TPSA) is 82.4 Å². The maximum absolute atomic E-state index is 4.82. The van der Waals surface area contributed by atoms with Gasteiger partial charge in [0.1, 0.15) is 0 Å². The first-order valence-electron chi connectivity index (χ1n) is 12.5. The first-order valence-corrected chi connectivity index (χ1v) is 12.5. The summed E-state index contributed by atoms with van der Waals surface area (Å²) in [4.78, 5) is 4.82. The Hall–Kier alpha value is -3.53. The molecule has 5 rings (SSSR count). The molecule has 2 aliphatic carbocycles. The summed E-state index contributed by atoms with van der Waals surface area (Å²) >= 11 is 0. The van der Waals surface area contributed by atoms with Crippen LogP contribution in [-0.4, -0.2) is 12.3 Å². The predicted molar refractivity (Wildman–Crippen MR) is 160 cm³/mol. The molecule has 0 aliphatic heterocycles. The molecule has 0 aromatic heterocycles. The Kier molecular flexibility index (Phi) is 11.3. The Morgan fingerprint density at radius 3 is 2.36 bits per heavy atom. The highest BCUT2D eigenvalue weighted by molar-refractivity contribution is 6.15. The summed E-state index contributed by atoms with van der Waals surface area (Å²) in [6.07, 6.45) is 17.0. The zero-order chi connectivity index (χ0) is 23.8. The van der Waals surface area contributed by atoms with Crippen LogP contribution in [0.1, 0.15) is 55.4 Å². The number of aliphatic imine (C=N–C) groups is 1. The first kappa shape index (κ1) is 28.7. The molecule has 0 heterocycles. The average Bonchev–Trinajstić information content (AvgIpc) is 2.89. The number of aryl methyl sites for hydroxylation is 1. The van der Waals surface area contributed by atoms with Crippen molar-refractivity contribution in [3.8, 4) is 0 Å². The lowest BCUT2D eigenvalue weighted by Crippen LogP contribution is -2.07. The molecule has 3 aromatic rings. The fourth-order valence-electron chi connectivity index (χ4n) is 4.57. The monoisotopic (exact) mass is 479 g/mol. The normalized spacial score (nSPS) is 13.9. The largest absolute Gasteiger partial charge is 0.344 e. The van der Waals surface area contributed by atoms with Gasteiger partial charge in [0.05, 0.1) is 12.3 Å². The zero-order valence-corrected chi connectivity index (χ0v) is 22.0. The van der Waals surface area contributed by atoms with Crippen molar-refractivity contribution in [1.29, 1.82) is 0 Å². The van der Waals surface area contributed by atoms with Gasteiger partial charge in [0.25, 0.3) is 0 Å². The van der Waals surface area contributed by atoms with Gasteiger partial charge >= 0.3 is 0 Å². The number of nitrogens with zero attached hydrogens (tertiary/aromatic N) is 1. The second-order valence-electron chi connectivity index (χ2n) is 9.10. The molecule has 0 radical (unpaired) electrons. The van der Waals surface area contributed by atoms with E-state index in [0.29, 0.717) is 6.54 Å². The van der Waals surface area contributed by atoms with E-state index in [4.69, 9.17) is 4.99 Å². The van der Waals surface area contributed by atoms with Gasteiger partial charge in [0.15, 0.2) is 0 Å². The van der Waals surface area contributed by atoms with Crippen molar-refractivity contribution in [2.24, 2.45) is 4.99 Å². The van der Waals surface area contributed by atoms with Crippen LogP contribution in [0.15, 0.2) is 108 Å². The van der Waals surface area contributed by atoms with Crippen LogP contribution >= 0.6 is 0 Å².